The van der Waals surface area contributed by atoms with Crippen LogP contribution in [0.4, 0.5) is 0 Å². The van der Waals surface area contributed by atoms with Crippen LogP contribution in [-0.2, 0) is 11.2 Å². The summed E-state index contributed by atoms with van der Waals surface area (Å²) in [4.78, 5) is 0. The Morgan fingerprint density at radius 1 is 1.25 bits per heavy atom. The zero-order valence-electron chi connectivity index (χ0n) is 9.57. The van der Waals surface area contributed by atoms with Crippen molar-refractivity contribution in [3.05, 3.63) is 58.7 Å². The molecule has 82 valence electrons. The van der Waals surface area contributed by atoms with Crippen molar-refractivity contribution in [2.45, 2.75) is 25.4 Å². The lowest BCUT2D eigenvalue weighted by Gasteiger charge is -2.30. The van der Waals surface area contributed by atoms with E-state index >= 15 is 0 Å². The quantitative estimate of drug-likeness (QED) is 0.691. The summed E-state index contributed by atoms with van der Waals surface area (Å²) in [7, 11) is 1.81. The Balaban J connectivity index is 2.11. The Bertz CT molecular complexity index is 468. The zero-order valence-corrected chi connectivity index (χ0v) is 9.57. The topological polar surface area (TPSA) is 9.23 Å². The molecule has 0 aliphatic heterocycles. The summed E-state index contributed by atoms with van der Waals surface area (Å²) in [6, 6.07) is 8.64. The standard InChI is InChI=1S/C15H16O/c1-16-15-13-8-4-2-6-11(13)10-12-7-3-5-9-14(12)15/h2,4-6,8-9,15H,3,7,10H2,1H3. The van der Waals surface area contributed by atoms with Crippen LogP contribution in [0.15, 0.2) is 47.6 Å². The van der Waals surface area contributed by atoms with Gasteiger partial charge in [-0.2, -0.15) is 0 Å². The van der Waals surface area contributed by atoms with Gasteiger partial charge in [-0.1, -0.05) is 42.0 Å². The van der Waals surface area contributed by atoms with Gasteiger partial charge in [0.15, 0.2) is 0 Å². The summed E-state index contributed by atoms with van der Waals surface area (Å²) in [6.45, 7) is 0. The molecular formula is C15H16O. The van der Waals surface area contributed by atoms with Crippen LogP contribution in [-0.4, -0.2) is 7.11 Å². The van der Waals surface area contributed by atoms with Crippen molar-refractivity contribution >= 4 is 0 Å². The molecule has 1 atom stereocenters. The SMILES string of the molecule is COC1C2=C(CCC=C2)Cc2ccccc21. The molecule has 16 heavy (non-hydrogen) atoms. The van der Waals surface area contributed by atoms with Crippen molar-refractivity contribution in [1.29, 1.82) is 0 Å². The summed E-state index contributed by atoms with van der Waals surface area (Å²) in [5, 5.41) is 0. The Morgan fingerprint density at radius 2 is 2.12 bits per heavy atom. The van der Waals surface area contributed by atoms with Gasteiger partial charge in [0.2, 0.25) is 0 Å². The second-order valence-corrected chi connectivity index (χ2v) is 4.49. The summed E-state index contributed by atoms with van der Waals surface area (Å²) in [6.07, 6.45) is 8.14. The third-order valence-electron chi connectivity index (χ3n) is 3.58. The average molecular weight is 212 g/mol. The number of methoxy groups -OCH3 is 1. The summed E-state index contributed by atoms with van der Waals surface area (Å²) >= 11 is 0. The second-order valence-electron chi connectivity index (χ2n) is 4.49. The largest absolute Gasteiger partial charge is 0.372 e. The molecule has 0 bridgehead atoms. The van der Waals surface area contributed by atoms with Crippen molar-refractivity contribution in [3.63, 3.8) is 0 Å². The smallest absolute Gasteiger partial charge is 0.107 e. The maximum Gasteiger partial charge on any atom is 0.107 e. The third-order valence-corrected chi connectivity index (χ3v) is 3.58. The van der Waals surface area contributed by atoms with Gasteiger partial charge in [0, 0.05) is 7.11 Å². The van der Waals surface area contributed by atoms with Crippen molar-refractivity contribution in [2.75, 3.05) is 7.11 Å². The molecule has 0 radical (unpaired) electrons. The molecule has 2 aliphatic rings. The van der Waals surface area contributed by atoms with E-state index in [1.807, 2.05) is 0 Å². The molecule has 3 rings (SSSR count). The third kappa shape index (κ3) is 1.43. The maximum atomic E-state index is 5.68. The van der Waals surface area contributed by atoms with E-state index in [1.165, 1.54) is 29.5 Å². The van der Waals surface area contributed by atoms with Crippen LogP contribution in [0.5, 0.6) is 0 Å². The van der Waals surface area contributed by atoms with Crippen LogP contribution in [0, 0.1) is 0 Å². The zero-order chi connectivity index (χ0) is 11.0. The molecule has 1 heteroatoms. The van der Waals surface area contributed by atoms with E-state index in [0.29, 0.717) is 0 Å². The molecule has 0 spiro atoms. The van der Waals surface area contributed by atoms with Crippen molar-refractivity contribution in [2.24, 2.45) is 0 Å². The Kier molecular flexibility index (Phi) is 2.41. The van der Waals surface area contributed by atoms with E-state index in [1.54, 1.807) is 12.7 Å². The van der Waals surface area contributed by atoms with Crippen LogP contribution in [0.3, 0.4) is 0 Å². The van der Waals surface area contributed by atoms with Gasteiger partial charge in [-0.05, 0) is 36.0 Å². The lowest BCUT2D eigenvalue weighted by Crippen LogP contribution is -2.16. The number of hydrogen-bond acceptors (Lipinski definition) is 1. The second kappa shape index (κ2) is 3.91. The highest BCUT2D eigenvalue weighted by atomic mass is 16.5. The molecule has 0 amide bonds. The summed E-state index contributed by atoms with van der Waals surface area (Å²) in [5.74, 6) is 0. The Labute approximate surface area is 96.4 Å². The van der Waals surface area contributed by atoms with Gasteiger partial charge in [0.1, 0.15) is 6.10 Å². The molecule has 1 aromatic carbocycles. The van der Waals surface area contributed by atoms with E-state index in [9.17, 15) is 0 Å². The molecule has 1 nitrogen and oxygen atoms in total. The summed E-state index contributed by atoms with van der Waals surface area (Å²) < 4.78 is 5.68. The minimum absolute atomic E-state index is 0.150. The first-order valence-electron chi connectivity index (χ1n) is 5.89. The summed E-state index contributed by atoms with van der Waals surface area (Å²) in [5.41, 5.74) is 5.74. The normalized spacial score (nSPS) is 22.9. The molecule has 1 unspecified atom stereocenters. The molecule has 0 heterocycles. The van der Waals surface area contributed by atoms with Crippen LogP contribution in [0.1, 0.15) is 30.1 Å². The van der Waals surface area contributed by atoms with Crippen LogP contribution in [0.2, 0.25) is 0 Å². The highest BCUT2D eigenvalue weighted by Gasteiger charge is 2.26. The monoisotopic (exact) mass is 212 g/mol. The van der Waals surface area contributed by atoms with Gasteiger partial charge < -0.3 is 4.74 Å². The van der Waals surface area contributed by atoms with Gasteiger partial charge in [0.05, 0.1) is 0 Å². The highest BCUT2D eigenvalue weighted by Crippen LogP contribution is 2.40. The fraction of sp³-hybridized carbons (Fsp3) is 0.333. The van der Waals surface area contributed by atoms with Gasteiger partial charge in [-0.3, -0.25) is 0 Å². The van der Waals surface area contributed by atoms with Crippen molar-refractivity contribution in [3.8, 4) is 0 Å². The van der Waals surface area contributed by atoms with E-state index in [-0.39, 0.29) is 6.10 Å². The van der Waals surface area contributed by atoms with E-state index in [0.717, 1.165) is 6.42 Å². The number of fused-ring (bicyclic) bond motifs is 1. The molecule has 0 saturated carbocycles. The number of ether oxygens (including phenoxy) is 1. The van der Waals surface area contributed by atoms with Gasteiger partial charge >= 0.3 is 0 Å². The Hall–Kier alpha value is -1.34. The van der Waals surface area contributed by atoms with Crippen molar-refractivity contribution < 1.29 is 4.74 Å². The first kappa shape index (κ1) is 9.86. The lowest BCUT2D eigenvalue weighted by molar-refractivity contribution is 0.132. The highest BCUT2D eigenvalue weighted by molar-refractivity contribution is 5.48. The minimum atomic E-state index is 0.150. The average Bonchev–Trinajstić information content (AvgIpc) is 2.36. The number of benzene rings is 1. The molecule has 0 fully saturated rings. The van der Waals surface area contributed by atoms with Gasteiger partial charge in [0.25, 0.3) is 0 Å². The minimum Gasteiger partial charge on any atom is -0.372 e. The molecular weight excluding hydrogens is 196 g/mol. The van der Waals surface area contributed by atoms with Gasteiger partial charge in [-0.15, -0.1) is 0 Å². The Morgan fingerprint density at radius 3 is 3.00 bits per heavy atom. The maximum absolute atomic E-state index is 5.68. The molecule has 0 saturated heterocycles. The number of hydrogen-bond donors (Lipinski definition) is 0. The molecule has 2 aliphatic carbocycles. The number of rotatable bonds is 1. The van der Waals surface area contributed by atoms with E-state index in [2.05, 4.69) is 36.4 Å². The van der Waals surface area contributed by atoms with Crippen LogP contribution < -0.4 is 0 Å². The van der Waals surface area contributed by atoms with Crippen molar-refractivity contribution in [1.82, 2.24) is 0 Å². The van der Waals surface area contributed by atoms with Crippen LogP contribution in [0.25, 0.3) is 0 Å². The fourth-order valence-corrected chi connectivity index (χ4v) is 2.80. The number of allylic oxidation sites excluding steroid dienone is 2. The lowest BCUT2D eigenvalue weighted by atomic mass is 9.80. The van der Waals surface area contributed by atoms with Gasteiger partial charge in [-0.25, -0.2) is 0 Å². The fourth-order valence-electron chi connectivity index (χ4n) is 2.80. The predicted octanol–water partition coefficient (Wildman–Crippen LogP) is 3.58. The molecule has 0 aromatic heterocycles. The first-order chi connectivity index (χ1) is 7.90. The molecule has 0 N–H and O–H groups in total. The van der Waals surface area contributed by atoms with E-state index < -0.39 is 0 Å². The predicted molar refractivity (Wildman–Crippen MR) is 65.3 cm³/mol. The first-order valence-corrected chi connectivity index (χ1v) is 5.89. The molecule has 1 aromatic rings. The van der Waals surface area contributed by atoms with E-state index in [4.69, 9.17) is 4.74 Å². The van der Waals surface area contributed by atoms with Crippen LogP contribution >= 0.6 is 0 Å².